The Balaban J connectivity index is 0.00000364. The van der Waals surface area contributed by atoms with E-state index >= 15 is 0 Å². The van der Waals surface area contributed by atoms with Crippen molar-refractivity contribution >= 4 is 39.8 Å². The average molecular weight is 510 g/mol. The van der Waals surface area contributed by atoms with Crippen LogP contribution in [0.25, 0.3) is 0 Å². The molecule has 0 spiro atoms. The second-order valence-corrected chi connectivity index (χ2v) is 8.05. The number of rotatable bonds is 7. The van der Waals surface area contributed by atoms with Crippen LogP contribution in [0.3, 0.4) is 0 Å². The monoisotopic (exact) mass is 510 g/mol. The van der Waals surface area contributed by atoms with Gasteiger partial charge in [0.05, 0.1) is 18.0 Å². The summed E-state index contributed by atoms with van der Waals surface area (Å²) in [5.74, 6) is 0.329. The number of guanidine groups is 1. The second-order valence-electron chi connectivity index (χ2n) is 5.97. The van der Waals surface area contributed by atoms with Crippen LogP contribution in [0.2, 0.25) is 0 Å². The molecular formula is C17H24FIN4O3S. The highest BCUT2D eigenvalue weighted by Crippen LogP contribution is 2.15. The fourth-order valence-corrected chi connectivity index (χ4v) is 3.43. The van der Waals surface area contributed by atoms with E-state index < -0.39 is 15.7 Å². The van der Waals surface area contributed by atoms with E-state index in [-0.39, 0.29) is 47.1 Å². The number of nitrogens with zero attached hydrogens (tertiary/aromatic N) is 2. The van der Waals surface area contributed by atoms with E-state index in [9.17, 15) is 12.8 Å². The fourth-order valence-electron chi connectivity index (χ4n) is 2.19. The maximum absolute atomic E-state index is 13.7. The lowest BCUT2D eigenvalue weighted by atomic mass is 10.1. The lowest BCUT2D eigenvalue weighted by molar-refractivity contribution is 0.372. The molecule has 27 heavy (non-hydrogen) atoms. The number of benzene rings is 1. The molecule has 0 fully saturated rings. The van der Waals surface area contributed by atoms with Gasteiger partial charge < -0.3 is 15.2 Å². The molecule has 0 saturated carbocycles. The topological polar surface area (TPSA) is 96.6 Å². The molecule has 0 aliphatic carbocycles. The zero-order chi connectivity index (χ0) is 19.2. The summed E-state index contributed by atoms with van der Waals surface area (Å²) in [5.41, 5.74) is 0.862. The minimum Gasteiger partial charge on any atom is -0.359 e. The minimum atomic E-state index is -3.72. The Labute approximate surface area is 175 Å². The van der Waals surface area contributed by atoms with E-state index in [1.807, 2.05) is 19.9 Å². The summed E-state index contributed by atoms with van der Waals surface area (Å²) in [4.78, 5) is 3.72. The van der Waals surface area contributed by atoms with Gasteiger partial charge in [0.25, 0.3) is 0 Å². The molecule has 1 aromatic carbocycles. The molecule has 7 nitrogen and oxygen atoms in total. The molecule has 0 bridgehead atoms. The molecule has 0 amide bonds. The molecule has 1 aromatic heterocycles. The molecule has 0 radical (unpaired) electrons. The fraction of sp³-hybridized carbons (Fsp3) is 0.412. The smallest absolute Gasteiger partial charge is 0.191 e. The third-order valence-electron chi connectivity index (χ3n) is 3.66. The molecule has 10 heteroatoms. The number of nitrogens with one attached hydrogen (secondary N) is 2. The van der Waals surface area contributed by atoms with Gasteiger partial charge in [0.1, 0.15) is 10.7 Å². The van der Waals surface area contributed by atoms with Gasteiger partial charge in [0.2, 0.25) is 0 Å². The Morgan fingerprint density at radius 3 is 2.59 bits per heavy atom. The lowest BCUT2D eigenvalue weighted by Crippen LogP contribution is -2.39. The third kappa shape index (κ3) is 6.76. The van der Waals surface area contributed by atoms with Gasteiger partial charge in [0, 0.05) is 19.7 Å². The van der Waals surface area contributed by atoms with Crippen molar-refractivity contribution in [2.24, 2.45) is 4.99 Å². The summed E-state index contributed by atoms with van der Waals surface area (Å²) >= 11 is 0. The lowest BCUT2D eigenvalue weighted by Gasteiger charge is -2.11. The Bertz CT molecular complexity index is 869. The van der Waals surface area contributed by atoms with Crippen LogP contribution < -0.4 is 10.6 Å². The number of sulfone groups is 1. The summed E-state index contributed by atoms with van der Waals surface area (Å²) in [6.07, 6.45) is 0. The van der Waals surface area contributed by atoms with E-state index in [2.05, 4.69) is 20.8 Å². The highest BCUT2D eigenvalue weighted by atomic mass is 127. The molecule has 0 atom stereocenters. The predicted octanol–water partition coefficient (Wildman–Crippen LogP) is 2.69. The van der Waals surface area contributed by atoms with Gasteiger partial charge in [-0.1, -0.05) is 31.1 Å². The zero-order valence-corrected chi connectivity index (χ0v) is 18.5. The molecule has 1 heterocycles. The van der Waals surface area contributed by atoms with Gasteiger partial charge in [-0.2, -0.15) is 0 Å². The van der Waals surface area contributed by atoms with E-state index in [0.717, 1.165) is 11.8 Å². The van der Waals surface area contributed by atoms with Crippen LogP contribution in [0.15, 0.2) is 44.7 Å². The Kier molecular flexibility index (Phi) is 9.16. The molecule has 2 aromatic rings. The normalized spacial score (nSPS) is 12.0. The molecule has 0 unspecified atom stereocenters. The van der Waals surface area contributed by atoms with Crippen molar-refractivity contribution in [1.82, 2.24) is 15.8 Å². The number of aromatic nitrogens is 1. The molecule has 2 rings (SSSR count). The van der Waals surface area contributed by atoms with Crippen molar-refractivity contribution in [3.63, 3.8) is 0 Å². The maximum atomic E-state index is 13.7. The minimum absolute atomic E-state index is 0. The first-order valence-electron chi connectivity index (χ1n) is 8.20. The van der Waals surface area contributed by atoms with E-state index in [4.69, 9.17) is 4.52 Å². The molecule has 0 saturated heterocycles. The number of halogens is 2. The first kappa shape index (κ1) is 23.3. The summed E-state index contributed by atoms with van der Waals surface area (Å²) in [6.45, 7) is 4.49. The van der Waals surface area contributed by atoms with Crippen LogP contribution in [-0.4, -0.2) is 38.9 Å². The van der Waals surface area contributed by atoms with Crippen LogP contribution in [0.5, 0.6) is 0 Å². The van der Waals surface area contributed by atoms with Crippen LogP contribution in [-0.2, 0) is 16.4 Å². The highest BCUT2D eigenvalue weighted by molar-refractivity contribution is 14.0. The van der Waals surface area contributed by atoms with Gasteiger partial charge in [-0.15, -0.1) is 24.0 Å². The summed E-state index contributed by atoms with van der Waals surface area (Å²) < 4.78 is 43.3. The van der Waals surface area contributed by atoms with Crippen LogP contribution in [0, 0.1) is 5.82 Å². The first-order valence-corrected chi connectivity index (χ1v) is 9.86. The number of hydrogen-bond acceptors (Lipinski definition) is 5. The van der Waals surface area contributed by atoms with Crippen molar-refractivity contribution in [3.05, 3.63) is 47.6 Å². The SMILES string of the molecule is CN=C(NCCS(=O)(=O)c1ccccc1F)NCc1cc(C(C)C)no1.I. The predicted molar refractivity (Wildman–Crippen MR) is 113 cm³/mol. The Hall–Kier alpha value is -1.69. The summed E-state index contributed by atoms with van der Waals surface area (Å²) in [5, 5.41) is 9.87. The maximum Gasteiger partial charge on any atom is 0.191 e. The third-order valence-corrected chi connectivity index (χ3v) is 5.40. The van der Waals surface area contributed by atoms with Crippen molar-refractivity contribution in [2.75, 3.05) is 19.3 Å². The standard InChI is InChI=1S/C17H23FN4O3S.HI/c1-12(2)15-10-13(25-22-15)11-21-17(19-3)20-8-9-26(23,24)16-7-5-4-6-14(16)18;/h4-7,10,12H,8-9,11H2,1-3H3,(H2,19,20,21);1H. The van der Waals surface area contributed by atoms with Gasteiger partial charge >= 0.3 is 0 Å². The summed E-state index contributed by atoms with van der Waals surface area (Å²) in [6, 6.07) is 7.18. The molecular weight excluding hydrogens is 486 g/mol. The second kappa shape index (κ2) is 10.6. The van der Waals surface area contributed by atoms with Gasteiger partial charge in [-0.25, -0.2) is 12.8 Å². The van der Waals surface area contributed by atoms with Gasteiger partial charge in [-0.3, -0.25) is 4.99 Å². The number of hydrogen-bond donors (Lipinski definition) is 2. The summed E-state index contributed by atoms with van der Waals surface area (Å²) in [7, 11) is -2.15. The van der Waals surface area contributed by atoms with Crippen LogP contribution in [0.1, 0.15) is 31.2 Å². The van der Waals surface area contributed by atoms with Crippen molar-refractivity contribution in [1.29, 1.82) is 0 Å². The Morgan fingerprint density at radius 1 is 1.30 bits per heavy atom. The van der Waals surface area contributed by atoms with Gasteiger partial charge in [-0.05, 0) is 18.1 Å². The largest absolute Gasteiger partial charge is 0.359 e. The number of aliphatic imine (C=N–C) groups is 1. The molecule has 150 valence electrons. The highest BCUT2D eigenvalue weighted by Gasteiger charge is 2.18. The first-order chi connectivity index (χ1) is 12.3. The van der Waals surface area contributed by atoms with Crippen molar-refractivity contribution in [2.45, 2.75) is 31.2 Å². The average Bonchev–Trinajstić information content (AvgIpc) is 3.07. The van der Waals surface area contributed by atoms with Gasteiger partial charge in [0.15, 0.2) is 21.6 Å². The van der Waals surface area contributed by atoms with Crippen molar-refractivity contribution in [3.8, 4) is 0 Å². The van der Waals surface area contributed by atoms with Crippen molar-refractivity contribution < 1.29 is 17.3 Å². The van der Waals surface area contributed by atoms with E-state index in [1.54, 1.807) is 7.05 Å². The zero-order valence-electron chi connectivity index (χ0n) is 15.4. The molecule has 0 aliphatic rings. The van der Waals surface area contributed by atoms with Crippen LogP contribution >= 0.6 is 24.0 Å². The quantitative estimate of drug-likeness (QED) is 0.338. The van der Waals surface area contributed by atoms with E-state index in [0.29, 0.717) is 18.3 Å². The molecule has 0 aliphatic heterocycles. The van der Waals surface area contributed by atoms with E-state index in [1.165, 1.54) is 18.2 Å². The van der Waals surface area contributed by atoms with Crippen LogP contribution in [0.4, 0.5) is 4.39 Å². The Morgan fingerprint density at radius 2 is 2.00 bits per heavy atom. The molecule has 2 N–H and O–H groups in total.